The van der Waals surface area contributed by atoms with Gasteiger partial charge in [0.2, 0.25) is 0 Å². The van der Waals surface area contributed by atoms with Crippen molar-refractivity contribution >= 4 is 0 Å². The molecule has 19 heavy (non-hydrogen) atoms. The number of hydrogen-bond donors (Lipinski definition) is 2. The fourth-order valence-electron chi connectivity index (χ4n) is 1.80. The molecule has 0 saturated heterocycles. The molecule has 1 aromatic carbocycles. The first kappa shape index (κ1) is 16.0. The zero-order valence-corrected chi connectivity index (χ0v) is 12.7. The van der Waals surface area contributed by atoms with Crippen molar-refractivity contribution in [3.8, 4) is 5.75 Å². The lowest BCUT2D eigenvalue weighted by Gasteiger charge is -2.28. The number of aliphatic hydroxyl groups is 1. The van der Waals surface area contributed by atoms with Crippen LogP contribution in [0.25, 0.3) is 0 Å². The standard InChI is InChI=1S/C16H27NO2/c1-12(2)16(4,18)11-17-10-13(3)14-6-8-15(19-5)9-7-14/h6-9,12-13,17-18H,10-11H2,1-5H3. The van der Waals surface area contributed by atoms with E-state index in [1.165, 1.54) is 5.56 Å². The Labute approximate surface area is 117 Å². The molecular weight excluding hydrogens is 238 g/mol. The average molecular weight is 265 g/mol. The first-order valence-corrected chi connectivity index (χ1v) is 6.94. The highest BCUT2D eigenvalue weighted by Crippen LogP contribution is 2.19. The van der Waals surface area contributed by atoms with E-state index in [2.05, 4.69) is 24.4 Å². The summed E-state index contributed by atoms with van der Waals surface area (Å²) in [5, 5.41) is 13.5. The lowest BCUT2D eigenvalue weighted by Crippen LogP contribution is -2.43. The molecule has 2 atom stereocenters. The molecule has 1 rings (SSSR count). The van der Waals surface area contributed by atoms with E-state index in [0.29, 0.717) is 12.5 Å². The molecule has 0 heterocycles. The van der Waals surface area contributed by atoms with Crippen LogP contribution in [-0.2, 0) is 0 Å². The minimum atomic E-state index is -0.653. The van der Waals surface area contributed by atoms with E-state index in [4.69, 9.17) is 4.74 Å². The molecule has 1 aromatic rings. The highest BCUT2D eigenvalue weighted by atomic mass is 16.5. The van der Waals surface area contributed by atoms with Gasteiger partial charge < -0.3 is 15.2 Å². The molecule has 0 aliphatic heterocycles. The van der Waals surface area contributed by atoms with Crippen molar-refractivity contribution in [2.75, 3.05) is 20.2 Å². The van der Waals surface area contributed by atoms with Crippen LogP contribution < -0.4 is 10.1 Å². The largest absolute Gasteiger partial charge is 0.497 e. The summed E-state index contributed by atoms with van der Waals surface area (Å²) >= 11 is 0. The molecule has 2 N–H and O–H groups in total. The van der Waals surface area contributed by atoms with Crippen LogP contribution in [0.4, 0.5) is 0 Å². The Morgan fingerprint density at radius 1 is 1.21 bits per heavy atom. The van der Waals surface area contributed by atoms with Crippen LogP contribution in [0.1, 0.15) is 39.2 Å². The molecule has 3 heteroatoms. The molecule has 0 aliphatic rings. The highest BCUT2D eigenvalue weighted by molar-refractivity contribution is 5.29. The summed E-state index contributed by atoms with van der Waals surface area (Å²) in [6, 6.07) is 8.14. The van der Waals surface area contributed by atoms with E-state index < -0.39 is 5.60 Å². The molecule has 0 spiro atoms. The number of hydrogen-bond acceptors (Lipinski definition) is 3. The summed E-state index contributed by atoms with van der Waals surface area (Å²) in [5.74, 6) is 1.54. The molecule has 0 bridgehead atoms. The Hall–Kier alpha value is -1.06. The van der Waals surface area contributed by atoms with Crippen molar-refractivity contribution in [1.82, 2.24) is 5.32 Å². The van der Waals surface area contributed by atoms with Crippen LogP contribution in [0.15, 0.2) is 24.3 Å². The lowest BCUT2D eigenvalue weighted by molar-refractivity contribution is 0.0142. The molecular formula is C16H27NO2. The van der Waals surface area contributed by atoms with Gasteiger partial charge in [0.15, 0.2) is 0 Å². The Morgan fingerprint density at radius 3 is 2.26 bits per heavy atom. The summed E-state index contributed by atoms with van der Waals surface area (Å²) in [7, 11) is 1.67. The van der Waals surface area contributed by atoms with Crippen molar-refractivity contribution in [3.05, 3.63) is 29.8 Å². The van der Waals surface area contributed by atoms with Gasteiger partial charge in [-0.25, -0.2) is 0 Å². The molecule has 108 valence electrons. The second-order valence-corrected chi connectivity index (χ2v) is 5.82. The molecule has 0 amide bonds. The topological polar surface area (TPSA) is 41.5 Å². The van der Waals surface area contributed by atoms with Crippen LogP contribution in [0.5, 0.6) is 5.75 Å². The third-order valence-corrected chi connectivity index (χ3v) is 3.86. The average Bonchev–Trinajstić information content (AvgIpc) is 2.38. The van der Waals surface area contributed by atoms with Crippen LogP contribution in [-0.4, -0.2) is 30.9 Å². The van der Waals surface area contributed by atoms with Crippen molar-refractivity contribution in [2.45, 2.75) is 39.2 Å². The van der Waals surface area contributed by atoms with Crippen LogP contribution in [0.3, 0.4) is 0 Å². The highest BCUT2D eigenvalue weighted by Gasteiger charge is 2.24. The molecule has 2 unspecified atom stereocenters. The van der Waals surface area contributed by atoms with E-state index in [1.807, 2.05) is 32.9 Å². The zero-order valence-electron chi connectivity index (χ0n) is 12.7. The Balaban J connectivity index is 2.44. The van der Waals surface area contributed by atoms with Gasteiger partial charge in [-0.05, 0) is 36.5 Å². The Bertz CT molecular complexity index is 371. The van der Waals surface area contributed by atoms with Gasteiger partial charge >= 0.3 is 0 Å². The van der Waals surface area contributed by atoms with Gasteiger partial charge in [-0.2, -0.15) is 0 Å². The van der Waals surface area contributed by atoms with Crippen LogP contribution in [0.2, 0.25) is 0 Å². The predicted octanol–water partition coefficient (Wildman–Crippen LogP) is 2.80. The third-order valence-electron chi connectivity index (χ3n) is 3.86. The van der Waals surface area contributed by atoms with Gasteiger partial charge in [-0.1, -0.05) is 32.9 Å². The van der Waals surface area contributed by atoms with Crippen LogP contribution >= 0.6 is 0 Å². The fraction of sp³-hybridized carbons (Fsp3) is 0.625. The maximum Gasteiger partial charge on any atom is 0.118 e. The van der Waals surface area contributed by atoms with Gasteiger partial charge in [-0.3, -0.25) is 0 Å². The van der Waals surface area contributed by atoms with Gasteiger partial charge in [0.1, 0.15) is 5.75 Å². The smallest absolute Gasteiger partial charge is 0.118 e. The van der Waals surface area contributed by atoms with Crippen molar-refractivity contribution in [3.63, 3.8) is 0 Å². The fourth-order valence-corrected chi connectivity index (χ4v) is 1.80. The summed E-state index contributed by atoms with van der Waals surface area (Å²) in [6.07, 6.45) is 0. The summed E-state index contributed by atoms with van der Waals surface area (Å²) in [6.45, 7) is 9.60. The second kappa shape index (κ2) is 6.92. The quantitative estimate of drug-likeness (QED) is 0.796. The predicted molar refractivity (Wildman–Crippen MR) is 79.7 cm³/mol. The number of nitrogens with one attached hydrogen (secondary N) is 1. The molecule has 0 aliphatic carbocycles. The maximum absolute atomic E-state index is 10.2. The minimum Gasteiger partial charge on any atom is -0.497 e. The third kappa shape index (κ3) is 4.84. The van der Waals surface area contributed by atoms with E-state index in [-0.39, 0.29) is 5.92 Å². The normalized spacial score (nSPS) is 16.2. The van der Waals surface area contributed by atoms with Gasteiger partial charge in [0.05, 0.1) is 12.7 Å². The lowest BCUT2D eigenvalue weighted by atomic mass is 9.92. The number of ether oxygens (including phenoxy) is 1. The molecule has 0 saturated carbocycles. The number of benzene rings is 1. The molecule has 3 nitrogen and oxygen atoms in total. The second-order valence-electron chi connectivity index (χ2n) is 5.82. The van der Waals surface area contributed by atoms with E-state index in [1.54, 1.807) is 7.11 Å². The summed E-state index contributed by atoms with van der Waals surface area (Å²) in [5.41, 5.74) is 0.622. The van der Waals surface area contributed by atoms with Gasteiger partial charge in [0.25, 0.3) is 0 Å². The van der Waals surface area contributed by atoms with Gasteiger partial charge in [-0.15, -0.1) is 0 Å². The van der Waals surface area contributed by atoms with E-state index in [0.717, 1.165) is 12.3 Å². The first-order valence-electron chi connectivity index (χ1n) is 6.94. The zero-order chi connectivity index (χ0) is 14.5. The Kier molecular flexibility index (Phi) is 5.83. The monoisotopic (exact) mass is 265 g/mol. The van der Waals surface area contributed by atoms with E-state index in [9.17, 15) is 5.11 Å². The first-order chi connectivity index (χ1) is 8.86. The summed E-state index contributed by atoms with van der Waals surface area (Å²) < 4.78 is 5.15. The molecule has 0 radical (unpaired) electrons. The SMILES string of the molecule is COc1ccc(C(C)CNCC(C)(O)C(C)C)cc1. The van der Waals surface area contributed by atoms with Crippen molar-refractivity contribution < 1.29 is 9.84 Å². The minimum absolute atomic E-state index is 0.247. The number of methoxy groups -OCH3 is 1. The van der Waals surface area contributed by atoms with Crippen molar-refractivity contribution in [1.29, 1.82) is 0 Å². The summed E-state index contributed by atoms with van der Waals surface area (Å²) in [4.78, 5) is 0. The Morgan fingerprint density at radius 2 is 1.79 bits per heavy atom. The maximum atomic E-state index is 10.2. The molecule has 0 fully saturated rings. The van der Waals surface area contributed by atoms with Crippen molar-refractivity contribution in [2.24, 2.45) is 5.92 Å². The van der Waals surface area contributed by atoms with Gasteiger partial charge in [0, 0.05) is 13.1 Å². The number of rotatable bonds is 7. The molecule has 0 aromatic heterocycles. The van der Waals surface area contributed by atoms with E-state index >= 15 is 0 Å². The van der Waals surface area contributed by atoms with Crippen LogP contribution in [0, 0.1) is 5.92 Å².